The van der Waals surface area contributed by atoms with Crippen molar-refractivity contribution in [2.75, 3.05) is 18.4 Å². The molecule has 0 fully saturated rings. The van der Waals surface area contributed by atoms with Crippen LogP contribution in [0.25, 0.3) is 33.3 Å². The van der Waals surface area contributed by atoms with Crippen LogP contribution in [0.3, 0.4) is 0 Å². The van der Waals surface area contributed by atoms with E-state index in [1.807, 2.05) is 42.5 Å². The van der Waals surface area contributed by atoms with Gasteiger partial charge in [-0.3, -0.25) is 9.88 Å². The van der Waals surface area contributed by atoms with Gasteiger partial charge in [-0.1, -0.05) is 42.5 Å². The van der Waals surface area contributed by atoms with Crippen molar-refractivity contribution < 1.29 is 4.42 Å². The summed E-state index contributed by atoms with van der Waals surface area (Å²) in [6.45, 7) is 2.95. The Morgan fingerprint density at radius 1 is 0.842 bits per heavy atom. The molecule has 1 aliphatic heterocycles. The number of nitrogens with zero attached hydrogens (tertiary/aromatic N) is 4. The fraction of sp³-hybridized carbons (Fsp3) is 0.156. The van der Waals surface area contributed by atoms with Crippen LogP contribution in [0.4, 0.5) is 11.5 Å². The SMILES string of the molecule is c1cncc(-c2nc(Nc3ccc(CCN4CCc5c(oc6ccccc56)C4)cc3)c3ccccc3n2)c1. The molecule has 6 nitrogen and oxygen atoms in total. The summed E-state index contributed by atoms with van der Waals surface area (Å²) in [6.07, 6.45) is 5.59. The highest BCUT2D eigenvalue weighted by molar-refractivity contribution is 5.92. The molecule has 7 rings (SSSR count). The zero-order valence-corrected chi connectivity index (χ0v) is 21.0. The molecular formula is C32H27N5O. The molecule has 1 aliphatic rings. The lowest BCUT2D eigenvalue weighted by Gasteiger charge is -2.25. The first-order chi connectivity index (χ1) is 18.8. The van der Waals surface area contributed by atoms with E-state index in [4.69, 9.17) is 14.4 Å². The van der Waals surface area contributed by atoms with Crippen LogP contribution >= 0.6 is 0 Å². The van der Waals surface area contributed by atoms with Crippen LogP contribution in [0.15, 0.2) is 102 Å². The number of nitrogens with one attached hydrogen (secondary N) is 1. The Morgan fingerprint density at radius 3 is 2.55 bits per heavy atom. The summed E-state index contributed by atoms with van der Waals surface area (Å²) in [5, 5.41) is 5.78. The average molecular weight is 498 g/mol. The van der Waals surface area contributed by atoms with Gasteiger partial charge in [-0.15, -0.1) is 0 Å². The minimum absolute atomic E-state index is 0.657. The lowest BCUT2D eigenvalue weighted by atomic mass is 10.0. The highest BCUT2D eigenvalue weighted by Crippen LogP contribution is 2.31. The number of anilines is 2. The number of fused-ring (bicyclic) bond motifs is 4. The zero-order chi connectivity index (χ0) is 25.3. The first-order valence-electron chi connectivity index (χ1n) is 13.0. The molecule has 6 heteroatoms. The van der Waals surface area contributed by atoms with Gasteiger partial charge < -0.3 is 9.73 Å². The minimum Gasteiger partial charge on any atom is -0.459 e. The number of pyridine rings is 1. The lowest BCUT2D eigenvalue weighted by Crippen LogP contribution is -2.31. The van der Waals surface area contributed by atoms with E-state index in [1.54, 1.807) is 12.4 Å². The monoisotopic (exact) mass is 497 g/mol. The Morgan fingerprint density at radius 2 is 1.68 bits per heavy atom. The quantitative estimate of drug-likeness (QED) is 0.274. The standard InChI is InChI=1S/C32H27N5O/c1-3-9-28-27(8-1)32(36-31(35-28)23-6-5-17-33-20-23)34-24-13-11-22(12-14-24)15-18-37-19-16-26-25-7-2-4-10-29(25)38-30(26)21-37/h1-14,17,20H,15-16,18-19,21H2,(H,34,35,36). The van der Waals surface area contributed by atoms with Gasteiger partial charge in [0.05, 0.1) is 12.1 Å². The van der Waals surface area contributed by atoms with Crippen molar-refractivity contribution in [3.8, 4) is 11.4 Å². The highest BCUT2D eigenvalue weighted by Gasteiger charge is 2.22. The molecule has 186 valence electrons. The minimum atomic E-state index is 0.657. The van der Waals surface area contributed by atoms with Gasteiger partial charge in [0.15, 0.2) is 5.82 Å². The fourth-order valence-corrected chi connectivity index (χ4v) is 5.27. The lowest BCUT2D eigenvalue weighted by molar-refractivity contribution is 0.234. The third-order valence-corrected chi connectivity index (χ3v) is 7.28. The molecule has 0 unspecified atom stereocenters. The molecule has 0 saturated carbocycles. The third-order valence-electron chi connectivity index (χ3n) is 7.28. The Balaban J connectivity index is 1.05. The van der Waals surface area contributed by atoms with E-state index in [9.17, 15) is 0 Å². The molecule has 3 aromatic heterocycles. The van der Waals surface area contributed by atoms with E-state index in [1.165, 1.54) is 16.5 Å². The molecule has 0 radical (unpaired) electrons. The Hall–Kier alpha value is -4.55. The molecule has 0 atom stereocenters. The van der Waals surface area contributed by atoms with Crippen molar-refractivity contribution in [3.63, 3.8) is 0 Å². The summed E-state index contributed by atoms with van der Waals surface area (Å²) in [7, 11) is 0. The van der Waals surface area contributed by atoms with Gasteiger partial charge in [0.1, 0.15) is 17.2 Å². The molecular weight excluding hydrogens is 470 g/mol. The fourth-order valence-electron chi connectivity index (χ4n) is 5.27. The first kappa shape index (κ1) is 22.6. The van der Waals surface area contributed by atoms with Crippen LogP contribution < -0.4 is 5.32 Å². The molecule has 0 amide bonds. The van der Waals surface area contributed by atoms with E-state index in [0.717, 1.165) is 71.8 Å². The predicted octanol–water partition coefficient (Wildman–Crippen LogP) is 6.78. The van der Waals surface area contributed by atoms with E-state index in [0.29, 0.717) is 5.82 Å². The van der Waals surface area contributed by atoms with Crippen molar-refractivity contribution in [2.24, 2.45) is 0 Å². The summed E-state index contributed by atoms with van der Waals surface area (Å²) in [6, 6.07) is 29.0. The van der Waals surface area contributed by atoms with Crippen molar-refractivity contribution in [3.05, 3.63) is 114 Å². The predicted molar refractivity (Wildman–Crippen MR) is 151 cm³/mol. The average Bonchev–Trinajstić information content (AvgIpc) is 3.35. The number of para-hydroxylation sites is 2. The summed E-state index contributed by atoms with van der Waals surface area (Å²) >= 11 is 0. The van der Waals surface area contributed by atoms with E-state index >= 15 is 0 Å². The maximum atomic E-state index is 6.15. The number of furan rings is 1. The summed E-state index contributed by atoms with van der Waals surface area (Å²) in [5.74, 6) is 2.57. The highest BCUT2D eigenvalue weighted by atomic mass is 16.3. The summed E-state index contributed by atoms with van der Waals surface area (Å²) < 4.78 is 6.15. The van der Waals surface area contributed by atoms with Gasteiger partial charge in [-0.2, -0.15) is 0 Å². The van der Waals surface area contributed by atoms with Gasteiger partial charge in [-0.05, 0) is 60.9 Å². The second kappa shape index (κ2) is 9.72. The van der Waals surface area contributed by atoms with Gasteiger partial charge in [-0.25, -0.2) is 9.97 Å². The van der Waals surface area contributed by atoms with Gasteiger partial charge in [0, 0.05) is 53.1 Å². The van der Waals surface area contributed by atoms with Gasteiger partial charge in [0.25, 0.3) is 0 Å². The van der Waals surface area contributed by atoms with E-state index in [2.05, 4.69) is 57.7 Å². The molecule has 0 spiro atoms. The largest absolute Gasteiger partial charge is 0.459 e. The Labute approximate surface area is 221 Å². The van der Waals surface area contributed by atoms with Crippen LogP contribution in [0.5, 0.6) is 0 Å². The van der Waals surface area contributed by atoms with Crippen molar-refractivity contribution >= 4 is 33.4 Å². The normalized spacial score (nSPS) is 13.6. The second-order valence-electron chi connectivity index (χ2n) is 9.75. The number of benzene rings is 3. The van der Waals surface area contributed by atoms with Crippen LogP contribution in [0.1, 0.15) is 16.9 Å². The van der Waals surface area contributed by atoms with E-state index < -0.39 is 0 Å². The molecule has 38 heavy (non-hydrogen) atoms. The Bertz CT molecular complexity index is 1730. The Kier molecular flexibility index (Phi) is 5.79. The van der Waals surface area contributed by atoms with Crippen molar-refractivity contribution in [2.45, 2.75) is 19.4 Å². The molecule has 0 saturated heterocycles. The van der Waals surface area contributed by atoms with Crippen LogP contribution in [0.2, 0.25) is 0 Å². The molecule has 0 bridgehead atoms. The summed E-state index contributed by atoms with van der Waals surface area (Å²) in [5.41, 5.74) is 6.50. The van der Waals surface area contributed by atoms with Crippen LogP contribution in [0, 0.1) is 0 Å². The second-order valence-corrected chi connectivity index (χ2v) is 9.75. The number of aromatic nitrogens is 3. The van der Waals surface area contributed by atoms with Crippen LogP contribution in [-0.2, 0) is 19.4 Å². The number of hydrogen-bond donors (Lipinski definition) is 1. The molecule has 1 N–H and O–H groups in total. The molecule has 4 heterocycles. The molecule has 3 aromatic carbocycles. The van der Waals surface area contributed by atoms with Crippen molar-refractivity contribution in [1.29, 1.82) is 0 Å². The van der Waals surface area contributed by atoms with Gasteiger partial charge >= 0.3 is 0 Å². The van der Waals surface area contributed by atoms with E-state index in [-0.39, 0.29) is 0 Å². The maximum Gasteiger partial charge on any atom is 0.163 e. The number of rotatable bonds is 6. The maximum absolute atomic E-state index is 6.15. The first-order valence-corrected chi connectivity index (χ1v) is 13.0. The topological polar surface area (TPSA) is 67.1 Å². The van der Waals surface area contributed by atoms with Crippen molar-refractivity contribution in [1.82, 2.24) is 19.9 Å². The molecule has 0 aliphatic carbocycles. The molecule has 6 aromatic rings. The smallest absolute Gasteiger partial charge is 0.163 e. The summed E-state index contributed by atoms with van der Waals surface area (Å²) in [4.78, 5) is 16.3. The van der Waals surface area contributed by atoms with Gasteiger partial charge in [0.2, 0.25) is 0 Å². The third kappa shape index (κ3) is 4.40. The zero-order valence-electron chi connectivity index (χ0n) is 21.0. The van der Waals surface area contributed by atoms with Crippen LogP contribution in [-0.4, -0.2) is 32.9 Å². The number of hydrogen-bond acceptors (Lipinski definition) is 6.